The van der Waals surface area contributed by atoms with Crippen molar-refractivity contribution in [3.63, 3.8) is 0 Å². The lowest BCUT2D eigenvalue weighted by atomic mass is 9.83. The van der Waals surface area contributed by atoms with Crippen LogP contribution in [0.25, 0.3) is 0 Å². The van der Waals surface area contributed by atoms with Gasteiger partial charge in [0.05, 0.1) is 0 Å². The Balaban J connectivity index is 2.49. The van der Waals surface area contributed by atoms with E-state index in [9.17, 15) is 4.79 Å². The van der Waals surface area contributed by atoms with E-state index >= 15 is 0 Å². The predicted octanol–water partition coefficient (Wildman–Crippen LogP) is 2.86. The minimum Gasteiger partial charge on any atom is -0.350 e. The lowest BCUT2D eigenvalue weighted by molar-refractivity contribution is -0.129. The molecule has 0 aromatic heterocycles. The van der Waals surface area contributed by atoms with Crippen LogP contribution in [0.2, 0.25) is 0 Å². The van der Waals surface area contributed by atoms with Crippen molar-refractivity contribution in [2.75, 3.05) is 5.33 Å². The monoisotopic (exact) mass is 261 g/mol. The summed E-state index contributed by atoms with van der Waals surface area (Å²) >= 11 is 3.50. The molecule has 1 aliphatic rings. The van der Waals surface area contributed by atoms with E-state index in [1.165, 1.54) is 6.42 Å². The van der Waals surface area contributed by atoms with E-state index in [0.717, 1.165) is 31.0 Å². The van der Waals surface area contributed by atoms with E-state index in [4.69, 9.17) is 0 Å². The van der Waals surface area contributed by atoms with Gasteiger partial charge in [0.1, 0.15) is 0 Å². The third-order valence-electron chi connectivity index (χ3n) is 3.47. The van der Waals surface area contributed by atoms with Gasteiger partial charge in [-0.3, -0.25) is 4.79 Å². The maximum absolute atomic E-state index is 11.8. The minimum absolute atomic E-state index is 0.0212. The van der Waals surface area contributed by atoms with Gasteiger partial charge >= 0.3 is 0 Å². The zero-order valence-corrected chi connectivity index (χ0v) is 10.7. The van der Waals surface area contributed by atoms with Crippen molar-refractivity contribution in [1.82, 2.24) is 5.32 Å². The van der Waals surface area contributed by atoms with Gasteiger partial charge in [-0.2, -0.15) is 0 Å². The van der Waals surface area contributed by atoms with Crippen molar-refractivity contribution >= 4 is 21.8 Å². The zero-order valence-electron chi connectivity index (χ0n) is 9.11. The Morgan fingerprint density at radius 2 is 2.00 bits per heavy atom. The number of halogens is 1. The summed E-state index contributed by atoms with van der Waals surface area (Å²) in [6, 6.07) is 0. The molecule has 0 spiro atoms. The highest BCUT2D eigenvalue weighted by atomic mass is 79.9. The second-order valence-electron chi connectivity index (χ2n) is 4.24. The van der Waals surface area contributed by atoms with E-state index in [0.29, 0.717) is 5.92 Å². The molecule has 0 heterocycles. The normalized spacial score (nSPS) is 17.6. The molecule has 0 aromatic rings. The summed E-state index contributed by atoms with van der Waals surface area (Å²) in [5.41, 5.74) is -0.0212. The molecule has 0 aliphatic heterocycles. The Bertz CT molecular complexity index is 189. The third-order valence-corrected chi connectivity index (χ3v) is 4.55. The van der Waals surface area contributed by atoms with E-state index < -0.39 is 0 Å². The summed E-state index contributed by atoms with van der Waals surface area (Å²) in [5, 5.41) is 4.05. The maximum atomic E-state index is 11.8. The molecule has 0 atom stereocenters. The summed E-state index contributed by atoms with van der Waals surface area (Å²) < 4.78 is 0. The van der Waals surface area contributed by atoms with Crippen LogP contribution in [-0.4, -0.2) is 16.8 Å². The highest BCUT2D eigenvalue weighted by Crippen LogP contribution is 2.28. The number of nitrogens with one attached hydrogen (secondary N) is 1. The lowest BCUT2D eigenvalue weighted by Gasteiger charge is -2.34. The van der Waals surface area contributed by atoms with Gasteiger partial charge in [0.25, 0.3) is 0 Å². The quantitative estimate of drug-likeness (QED) is 0.758. The van der Waals surface area contributed by atoms with E-state index in [2.05, 4.69) is 35.1 Å². The van der Waals surface area contributed by atoms with Crippen LogP contribution in [0.15, 0.2) is 0 Å². The standard InChI is InChI=1S/C11H20BrNO/c1-3-11(4-2,8-12)13-10(14)9-6-5-7-9/h9H,3-8H2,1-2H3,(H,13,14). The van der Waals surface area contributed by atoms with Gasteiger partial charge in [-0.1, -0.05) is 36.2 Å². The van der Waals surface area contributed by atoms with Crippen LogP contribution in [-0.2, 0) is 4.79 Å². The maximum Gasteiger partial charge on any atom is 0.223 e. The molecule has 1 N–H and O–H groups in total. The van der Waals surface area contributed by atoms with Gasteiger partial charge in [-0.25, -0.2) is 0 Å². The molecule has 82 valence electrons. The van der Waals surface area contributed by atoms with E-state index in [-0.39, 0.29) is 11.4 Å². The van der Waals surface area contributed by atoms with E-state index in [1.54, 1.807) is 0 Å². The van der Waals surface area contributed by atoms with Gasteiger partial charge in [-0.15, -0.1) is 0 Å². The van der Waals surface area contributed by atoms with Crippen LogP contribution in [0, 0.1) is 5.92 Å². The lowest BCUT2D eigenvalue weighted by Crippen LogP contribution is -2.52. The molecule has 0 unspecified atom stereocenters. The Morgan fingerprint density at radius 1 is 1.43 bits per heavy atom. The molecular formula is C11H20BrNO. The highest BCUT2D eigenvalue weighted by Gasteiger charge is 2.32. The van der Waals surface area contributed by atoms with Crippen molar-refractivity contribution in [2.24, 2.45) is 5.92 Å². The Labute approximate surface area is 95.0 Å². The molecular weight excluding hydrogens is 242 g/mol. The minimum atomic E-state index is -0.0212. The molecule has 1 aliphatic carbocycles. The Kier molecular flexibility index (Phi) is 4.42. The molecule has 0 radical (unpaired) electrons. The van der Waals surface area contributed by atoms with Crippen molar-refractivity contribution < 1.29 is 4.79 Å². The molecule has 0 aromatic carbocycles. The van der Waals surface area contributed by atoms with Crippen molar-refractivity contribution in [1.29, 1.82) is 0 Å². The fourth-order valence-electron chi connectivity index (χ4n) is 1.68. The van der Waals surface area contributed by atoms with Crippen LogP contribution >= 0.6 is 15.9 Å². The number of carbonyl (C=O) groups excluding carboxylic acids is 1. The summed E-state index contributed by atoms with van der Waals surface area (Å²) in [7, 11) is 0. The second kappa shape index (κ2) is 5.15. The Morgan fingerprint density at radius 3 is 2.29 bits per heavy atom. The molecule has 1 fully saturated rings. The van der Waals surface area contributed by atoms with Gasteiger partial charge in [0.2, 0.25) is 5.91 Å². The average Bonchev–Trinajstić information content (AvgIpc) is 2.11. The summed E-state index contributed by atoms with van der Waals surface area (Å²) in [4.78, 5) is 11.8. The molecule has 0 saturated heterocycles. The van der Waals surface area contributed by atoms with Gasteiger partial charge in [0.15, 0.2) is 0 Å². The SMILES string of the molecule is CCC(CC)(CBr)NC(=O)C1CCC1. The molecule has 14 heavy (non-hydrogen) atoms. The molecule has 3 heteroatoms. The predicted molar refractivity (Wildman–Crippen MR) is 62.6 cm³/mol. The topological polar surface area (TPSA) is 29.1 Å². The second-order valence-corrected chi connectivity index (χ2v) is 4.80. The first-order valence-electron chi connectivity index (χ1n) is 5.55. The number of rotatable bonds is 5. The van der Waals surface area contributed by atoms with Gasteiger partial charge in [-0.05, 0) is 25.7 Å². The summed E-state index contributed by atoms with van der Waals surface area (Å²) in [5.74, 6) is 0.561. The molecule has 1 saturated carbocycles. The van der Waals surface area contributed by atoms with Crippen molar-refractivity contribution in [2.45, 2.75) is 51.5 Å². The number of carbonyl (C=O) groups is 1. The summed E-state index contributed by atoms with van der Waals surface area (Å²) in [6.07, 6.45) is 5.37. The zero-order chi connectivity index (χ0) is 10.6. The Hall–Kier alpha value is -0.0500. The largest absolute Gasteiger partial charge is 0.350 e. The molecule has 1 rings (SSSR count). The van der Waals surface area contributed by atoms with Crippen molar-refractivity contribution in [3.8, 4) is 0 Å². The smallest absolute Gasteiger partial charge is 0.223 e. The summed E-state index contributed by atoms with van der Waals surface area (Å²) in [6.45, 7) is 4.26. The van der Waals surface area contributed by atoms with E-state index in [1.807, 2.05) is 0 Å². The fraction of sp³-hybridized carbons (Fsp3) is 0.909. The number of alkyl halides is 1. The highest BCUT2D eigenvalue weighted by molar-refractivity contribution is 9.09. The number of amides is 1. The first-order valence-corrected chi connectivity index (χ1v) is 6.67. The number of hydrogen-bond donors (Lipinski definition) is 1. The third kappa shape index (κ3) is 2.50. The molecule has 1 amide bonds. The molecule has 0 bridgehead atoms. The van der Waals surface area contributed by atoms with Gasteiger partial charge in [0, 0.05) is 16.8 Å². The molecule has 2 nitrogen and oxygen atoms in total. The fourth-order valence-corrected chi connectivity index (χ4v) is 2.62. The average molecular weight is 262 g/mol. The first kappa shape index (κ1) is 12.0. The number of hydrogen-bond acceptors (Lipinski definition) is 1. The van der Waals surface area contributed by atoms with Crippen LogP contribution in [0.3, 0.4) is 0 Å². The van der Waals surface area contributed by atoms with Crippen LogP contribution in [0.1, 0.15) is 46.0 Å². The van der Waals surface area contributed by atoms with Gasteiger partial charge < -0.3 is 5.32 Å². The van der Waals surface area contributed by atoms with Crippen LogP contribution in [0.4, 0.5) is 0 Å². The van der Waals surface area contributed by atoms with Crippen LogP contribution in [0.5, 0.6) is 0 Å². The van der Waals surface area contributed by atoms with Crippen molar-refractivity contribution in [3.05, 3.63) is 0 Å². The van der Waals surface area contributed by atoms with Crippen LogP contribution < -0.4 is 5.32 Å². The first-order chi connectivity index (χ1) is 6.67.